The fourth-order valence-corrected chi connectivity index (χ4v) is 1.90. The monoisotopic (exact) mass is 238 g/mol. The zero-order valence-corrected chi connectivity index (χ0v) is 11.8. The van der Waals surface area contributed by atoms with Crippen LogP contribution < -0.4 is 5.32 Å². The standard InChI is InChI=1S/C13H26N4/c1-11(2)9-17-12(15-10-16-17)8-13(3,4)6-7-14-5/h10-11,14H,6-9H2,1-5H3. The molecule has 0 radical (unpaired) electrons. The molecule has 98 valence electrons. The Morgan fingerprint density at radius 1 is 1.41 bits per heavy atom. The first-order chi connectivity index (χ1) is 7.94. The van der Waals surface area contributed by atoms with Crippen molar-refractivity contribution in [3.05, 3.63) is 12.2 Å². The van der Waals surface area contributed by atoms with E-state index in [0.717, 1.165) is 31.8 Å². The van der Waals surface area contributed by atoms with Gasteiger partial charge in [-0.25, -0.2) is 9.67 Å². The third kappa shape index (κ3) is 4.86. The second-order valence-corrected chi connectivity index (χ2v) is 5.95. The normalized spacial score (nSPS) is 12.4. The Kier molecular flexibility index (Phi) is 5.12. The highest BCUT2D eigenvalue weighted by Crippen LogP contribution is 2.24. The largest absolute Gasteiger partial charge is 0.320 e. The van der Waals surface area contributed by atoms with Crippen LogP contribution in [0.5, 0.6) is 0 Å². The molecular weight excluding hydrogens is 212 g/mol. The van der Waals surface area contributed by atoms with Gasteiger partial charge in [0.2, 0.25) is 0 Å². The Bertz CT molecular complexity index is 328. The molecule has 1 N–H and O–H groups in total. The molecule has 0 aliphatic carbocycles. The maximum atomic E-state index is 4.39. The molecule has 0 bridgehead atoms. The van der Waals surface area contributed by atoms with E-state index in [1.807, 2.05) is 11.7 Å². The van der Waals surface area contributed by atoms with Crippen molar-refractivity contribution in [3.8, 4) is 0 Å². The van der Waals surface area contributed by atoms with Gasteiger partial charge in [0.15, 0.2) is 0 Å². The first-order valence-corrected chi connectivity index (χ1v) is 6.46. The molecule has 0 spiro atoms. The van der Waals surface area contributed by atoms with Gasteiger partial charge in [0.05, 0.1) is 0 Å². The van der Waals surface area contributed by atoms with Crippen LogP contribution in [-0.2, 0) is 13.0 Å². The van der Waals surface area contributed by atoms with E-state index in [-0.39, 0.29) is 5.41 Å². The smallest absolute Gasteiger partial charge is 0.138 e. The lowest BCUT2D eigenvalue weighted by Crippen LogP contribution is -2.24. The Balaban J connectivity index is 2.64. The SMILES string of the molecule is CNCCC(C)(C)Cc1ncnn1CC(C)C. The molecule has 0 saturated heterocycles. The average molecular weight is 238 g/mol. The van der Waals surface area contributed by atoms with Gasteiger partial charge in [-0.1, -0.05) is 27.7 Å². The summed E-state index contributed by atoms with van der Waals surface area (Å²) in [5.41, 5.74) is 0.269. The fraction of sp³-hybridized carbons (Fsp3) is 0.846. The van der Waals surface area contributed by atoms with E-state index >= 15 is 0 Å². The summed E-state index contributed by atoms with van der Waals surface area (Å²) in [6, 6.07) is 0. The van der Waals surface area contributed by atoms with Gasteiger partial charge in [-0.05, 0) is 31.3 Å². The van der Waals surface area contributed by atoms with Gasteiger partial charge < -0.3 is 5.32 Å². The second-order valence-electron chi connectivity index (χ2n) is 5.95. The molecular formula is C13H26N4. The minimum Gasteiger partial charge on any atom is -0.320 e. The molecule has 0 atom stereocenters. The Morgan fingerprint density at radius 3 is 2.71 bits per heavy atom. The molecule has 1 aromatic rings. The summed E-state index contributed by atoms with van der Waals surface area (Å²) in [6.07, 6.45) is 3.81. The molecule has 0 saturated carbocycles. The molecule has 0 aliphatic rings. The number of rotatable bonds is 7. The molecule has 0 aliphatic heterocycles. The molecule has 1 heterocycles. The average Bonchev–Trinajstić information content (AvgIpc) is 2.61. The van der Waals surface area contributed by atoms with Crippen LogP contribution in [0.15, 0.2) is 6.33 Å². The molecule has 4 heteroatoms. The lowest BCUT2D eigenvalue weighted by atomic mass is 9.85. The van der Waals surface area contributed by atoms with E-state index < -0.39 is 0 Å². The lowest BCUT2D eigenvalue weighted by molar-refractivity contribution is 0.311. The van der Waals surface area contributed by atoms with Gasteiger partial charge in [0, 0.05) is 13.0 Å². The van der Waals surface area contributed by atoms with E-state index in [1.54, 1.807) is 6.33 Å². The fourth-order valence-electron chi connectivity index (χ4n) is 1.90. The zero-order valence-electron chi connectivity index (χ0n) is 11.8. The maximum absolute atomic E-state index is 4.39. The summed E-state index contributed by atoms with van der Waals surface area (Å²) < 4.78 is 2.05. The minimum atomic E-state index is 0.269. The molecule has 0 unspecified atom stereocenters. The first kappa shape index (κ1) is 14.2. The predicted molar refractivity (Wildman–Crippen MR) is 70.9 cm³/mol. The highest BCUT2D eigenvalue weighted by Gasteiger charge is 2.21. The van der Waals surface area contributed by atoms with Crippen LogP contribution in [0.3, 0.4) is 0 Å². The van der Waals surface area contributed by atoms with Gasteiger partial charge in [-0.3, -0.25) is 0 Å². The number of nitrogens with zero attached hydrogens (tertiary/aromatic N) is 3. The highest BCUT2D eigenvalue weighted by atomic mass is 15.3. The quantitative estimate of drug-likeness (QED) is 0.791. The predicted octanol–water partition coefficient (Wildman–Crippen LogP) is 2.11. The van der Waals surface area contributed by atoms with Crippen LogP contribution in [0.25, 0.3) is 0 Å². The molecule has 17 heavy (non-hydrogen) atoms. The summed E-state index contributed by atoms with van der Waals surface area (Å²) in [7, 11) is 2.00. The van der Waals surface area contributed by atoms with Crippen molar-refractivity contribution in [3.63, 3.8) is 0 Å². The second kappa shape index (κ2) is 6.15. The van der Waals surface area contributed by atoms with Gasteiger partial charge in [-0.15, -0.1) is 0 Å². The van der Waals surface area contributed by atoms with Crippen LogP contribution in [0.2, 0.25) is 0 Å². The number of aromatic nitrogens is 3. The van der Waals surface area contributed by atoms with Crippen LogP contribution in [0.1, 0.15) is 39.9 Å². The van der Waals surface area contributed by atoms with E-state index in [2.05, 4.69) is 43.1 Å². The topological polar surface area (TPSA) is 42.7 Å². The molecule has 0 fully saturated rings. The summed E-state index contributed by atoms with van der Waals surface area (Å²) in [5.74, 6) is 1.72. The Hall–Kier alpha value is -0.900. The van der Waals surface area contributed by atoms with Crippen molar-refractivity contribution >= 4 is 0 Å². The first-order valence-electron chi connectivity index (χ1n) is 6.46. The molecule has 0 aromatic carbocycles. The summed E-state index contributed by atoms with van der Waals surface area (Å²) >= 11 is 0. The van der Waals surface area contributed by atoms with E-state index in [4.69, 9.17) is 0 Å². The molecule has 4 nitrogen and oxygen atoms in total. The van der Waals surface area contributed by atoms with E-state index in [0.29, 0.717) is 5.92 Å². The molecule has 1 rings (SSSR count). The third-order valence-corrected chi connectivity index (χ3v) is 2.92. The number of hydrogen-bond acceptors (Lipinski definition) is 3. The van der Waals surface area contributed by atoms with Gasteiger partial charge in [-0.2, -0.15) is 5.10 Å². The summed E-state index contributed by atoms with van der Waals surface area (Å²) in [5, 5.41) is 7.52. The number of hydrogen-bond donors (Lipinski definition) is 1. The van der Waals surface area contributed by atoms with E-state index in [1.165, 1.54) is 0 Å². The minimum absolute atomic E-state index is 0.269. The van der Waals surface area contributed by atoms with Crippen LogP contribution in [0, 0.1) is 11.3 Å². The maximum Gasteiger partial charge on any atom is 0.138 e. The van der Waals surface area contributed by atoms with Crippen molar-refractivity contribution in [2.45, 2.75) is 47.1 Å². The van der Waals surface area contributed by atoms with Crippen LogP contribution in [0.4, 0.5) is 0 Å². The van der Waals surface area contributed by atoms with Gasteiger partial charge in [0.1, 0.15) is 12.2 Å². The molecule has 1 aromatic heterocycles. The van der Waals surface area contributed by atoms with Crippen LogP contribution >= 0.6 is 0 Å². The molecule has 0 amide bonds. The Labute approximate surface area is 105 Å². The third-order valence-electron chi connectivity index (χ3n) is 2.92. The highest BCUT2D eigenvalue weighted by molar-refractivity contribution is 4.91. The van der Waals surface area contributed by atoms with Gasteiger partial charge >= 0.3 is 0 Å². The van der Waals surface area contributed by atoms with Crippen molar-refractivity contribution in [1.82, 2.24) is 20.1 Å². The zero-order chi connectivity index (χ0) is 12.9. The van der Waals surface area contributed by atoms with Gasteiger partial charge in [0.25, 0.3) is 0 Å². The van der Waals surface area contributed by atoms with E-state index in [9.17, 15) is 0 Å². The van der Waals surface area contributed by atoms with Crippen LogP contribution in [-0.4, -0.2) is 28.4 Å². The Morgan fingerprint density at radius 2 is 2.12 bits per heavy atom. The number of nitrogens with one attached hydrogen (secondary N) is 1. The lowest BCUT2D eigenvalue weighted by Gasteiger charge is -2.24. The van der Waals surface area contributed by atoms with Crippen molar-refractivity contribution in [2.75, 3.05) is 13.6 Å². The van der Waals surface area contributed by atoms with Crippen molar-refractivity contribution in [1.29, 1.82) is 0 Å². The van der Waals surface area contributed by atoms with Crippen molar-refractivity contribution < 1.29 is 0 Å². The summed E-state index contributed by atoms with van der Waals surface area (Å²) in [6.45, 7) is 11.0. The van der Waals surface area contributed by atoms with Crippen molar-refractivity contribution in [2.24, 2.45) is 11.3 Å². The summed E-state index contributed by atoms with van der Waals surface area (Å²) in [4.78, 5) is 4.39.